The summed E-state index contributed by atoms with van der Waals surface area (Å²) in [4.78, 5) is 24.3. The summed E-state index contributed by atoms with van der Waals surface area (Å²) in [5.41, 5.74) is 6.63. The van der Waals surface area contributed by atoms with Crippen molar-refractivity contribution in [2.45, 2.75) is 18.6 Å². The van der Waals surface area contributed by atoms with Crippen LogP contribution < -0.4 is 16.0 Å². The number of nitrogens with two attached hydrogens (primary N) is 1. The molecular weight excluding hydrogens is 310 g/mol. The smallest absolute Gasteiger partial charge is 0.275 e. The van der Waals surface area contributed by atoms with Crippen LogP contribution in [-0.4, -0.2) is 43.7 Å². The third-order valence-electron chi connectivity index (χ3n) is 4.19. The van der Waals surface area contributed by atoms with E-state index in [1.165, 1.54) is 10.5 Å². The molecule has 1 aliphatic rings. The van der Waals surface area contributed by atoms with Gasteiger partial charge >= 0.3 is 0 Å². The third kappa shape index (κ3) is 6.62. The second-order valence-electron chi connectivity index (χ2n) is 5.99. The molecule has 0 radical (unpaired) electrons. The number of hydrogen-bond acceptors (Lipinski definition) is 3. The summed E-state index contributed by atoms with van der Waals surface area (Å²) in [7, 11) is 0. The highest BCUT2D eigenvalue weighted by Crippen LogP contribution is 2.10. The van der Waals surface area contributed by atoms with Gasteiger partial charge in [0.2, 0.25) is 5.91 Å². The molecule has 126 valence electrons. The standard InChI is InChI=1S/C17H25N3O2S/c18-17(22)15-6-9-20(10-7-15)12-16(21)19-8-11-23-13-14-4-2-1-3-5-14/h1-5,15H,6-13H2,(H2,18,22)(H,19,21)/p+1. The Bertz CT molecular complexity index is 502. The molecule has 0 aliphatic carbocycles. The quantitative estimate of drug-likeness (QED) is 0.576. The van der Waals surface area contributed by atoms with Crippen LogP contribution in [0, 0.1) is 5.92 Å². The van der Waals surface area contributed by atoms with E-state index in [4.69, 9.17) is 5.73 Å². The predicted molar refractivity (Wildman–Crippen MR) is 93.1 cm³/mol. The van der Waals surface area contributed by atoms with Crippen molar-refractivity contribution in [1.29, 1.82) is 0 Å². The molecule has 1 saturated heterocycles. The summed E-state index contributed by atoms with van der Waals surface area (Å²) < 4.78 is 0. The number of nitrogens with one attached hydrogen (secondary N) is 2. The highest BCUT2D eigenvalue weighted by Gasteiger charge is 2.26. The van der Waals surface area contributed by atoms with Crippen molar-refractivity contribution in [2.75, 3.05) is 31.9 Å². The van der Waals surface area contributed by atoms with Crippen LogP contribution in [0.2, 0.25) is 0 Å². The van der Waals surface area contributed by atoms with Gasteiger partial charge in [0.15, 0.2) is 6.54 Å². The summed E-state index contributed by atoms with van der Waals surface area (Å²) in [5.74, 6) is 1.78. The van der Waals surface area contributed by atoms with Gasteiger partial charge in [-0.1, -0.05) is 30.3 Å². The van der Waals surface area contributed by atoms with E-state index < -0.39 is 0 Å². The molecule has 0 saturated carbocycles. The number of likely N-dealkylation sites (tertiary alicyclic amines) is 1. The topological polar surface area (TPSA) is 76.6 Å². The Hall–Kier alpha value is -1.53. The molecule has 0 bridgehead atoms. The van der Waals surface area contributed by atoms with Crippen LogP contribution in [-0.2, 0) is 15.3 Å². The molecule has 1 aromatic carbocycles. The Kier molecular flexibility index (Phi) is 7.42. The maximum atomic E-state index is 11.9. The van der Waals surface area contributed by atoms with Gasteiger partial charge in [-0.25, -0.2) is 0 Å². The first kappa shape index (κ1) is 17.8. The first-order valence-electron chi connectivity index (χ1n) is 8.16. The Morgan fingerprint density at radius 1 is 1.22 bits per heavy atom. The first-order valence-corrected chi connectivity index (χ1v) is 9.32. The number of carbonyl (C=O) groups is 2. The zero-order chi connectivity index (χ0) is 16.5. The lowest BCUT2D eigenvalue weighted by Gasteiger charge is -2.27. The number of primary amides is 1. The van der Waals surface area contributed by atoms with E-state index in [0.29, 0.717) is 13.1 Å². The molecule has 5 nitrogen and oxygen atoms in total. The molecule has 0 spiro atoms. The van der Waals surface area contributed by atoms with Gasteiger partial charge in [0, 0.05) is 36.8 Å². The molecule has 0 atom stereocenters. The molecule has 1 heterocycles. The van der Waals surface area contributed by atoms with Crippen molar-refractivity contribution in [3.63, 3.8) is 0 Å². The predicted octanol–water partition coefficient (Wildman–Crippen LogP) is -0.184. The normalized spacial score (nSPS) is 20.9. The zero-order valence-electron chi connectivity index (χ0n) is 13.4. The van der Waals surface area contributed by atoms with Crippen molar-refractivity contribution in [3.05, 3.63) is 35.9 Å². The van der Waals surface area contributed by atoms with Crippen molar-refractivity contribution in [2.24, 2.45) is 11.7 Å². The molecule has 1 aliphatic heterocycles. The molecule has 0 aromatic heterocycles. The number of thioether (sulfide) groups is 1. The van der Waals surface area contributed by atoms with Crippen LogP contribution in [0.1, 0.15) is 18.4 Å². The monoisotopic (exact) mass is 336 g/mol. The van der Waals surface area contributed by atoms with Crippen molar-refractivity contribution in [3.8, 4) is 0 Å². The highest BCUT2D eigenvalue weighted by atomic mass is 32.2. The third-order valence-corrected chi connectivity index (χ3v) is 5.22. The molecule has 0 unspecified atom stereocenters. The van der Waals surface area contributed by atoms with Gasteiger partial charge < -0.3 is 16.0 Å². The van der Waals surface area contributed by atoms with E-state index in [1.807, 2.05) is 30.0 Å². The summed E-state index contributed by atoms with van der Waals surface area (Å²) >= 11 is 1.82. The minimum atomic E-state index is -0.205. The number of amides is 2. The number of rotatable bonds is 8. The molecule has 23 heavy (non-hydrogen) atoms. The molecule has 2 amide bonds. The molecule has 1 fully saturated rings. The molecule has 1 aromatic rings. The van der Waals surface area contributed by atoms with Crippen LogP contribution in [0.5, 0.6) is 0 Å². The second kappa shape index (κ2) is 9.57. The zero-order valence-corrected chi connectivity index (χ0v) is 14.2. The van der Waals surface area contributed by atoms with Crippen LogP contribution >= 0.6 is 11.8 Å². The number of hydrogen-bond donors (Lipinski definition) is 3. The Labute approximate surface area is 142 Å². The molecular formula is C17H26N3O2S+. The number of benzene rings is 1. The van der Waals surface area contributed by atoms with Crippen molar-refractivity contribution in [1.82, 2.24) is 5.32 Å². The van der Waals surface area contributed by atoms with Crippen LogP contribution in [0.25, 0.3) is 0 Å². The summed E-state index contributed by atoms with van der Waals surface area (Å²) in [6.45, 7) is 2.90. The van der Waals surface area contributed by atoms with E-state index >= 15 is 0 Å². The van der Waals surface area contributed by atoms with Gasteiger partial charge in [-0.2, -0.15) is 11.8 Å². The Morgan fingerprint density at radius 2 is 1.91 bits per heavy atom. The largest absolute Gasteiger partial charge is 0.369 e. The van der Waals surface area contributed by atoms with Crippen LogP contribution in [0.3, 0.4) is 0 Å². The number of quaternary nitrogens is 1. The Morgan fingerprint density at radius 3 is 2.57 bits per heavy atom. The summed E-state index contributed by atoms with van der Waals surface area (Å²) in [6, 6.07) is 10.3. The molecule has 4 N–H and O–H groups in total. The van der Waals surface area contributed by atoms with E-state index in [2.05, 4.69) is 17.4 Å². The van der Waals surface area contributed by atoms with E-state index in [-0.39, 0.29) is 17.7 Å². The lowest BCUT2D eigenvalue weighted by atomic mass is 9.96. The lowest BCUT2D eigenvalue weighted by Crippen LogP contribution is -3.14. The van der Waals surface area contributed by atoms with Gasteiger partial charge in [0.1, 0.15) is 0 Å². The SMILES string of the molecule is NC(=O)C1CC[NH+](CC(=O)NCCSCc2ccccc2)CC1. The van der Waals surface area contributed by atoms with Crippen molar-refractivity contribution >= 4 is 23.6 Å². The minimum absolute atomic E-state index is 0.00352. The number of carbonyl (C=O) groups excluding carboxylic acids is 2. The average molecular weight is 336 g/mol. The fraction of sp³-hybridized carbons (Fsp3) is 0.529. The van der Waals surface area contributed by atoms with Gasteiger partial charge in [-0.15, -0.1) is 0 Å². The fourth-order valence-corrected chi connectivity index (χ4v) is 3.62. The fourth-order valence-electron chi connectivity index (χ4n) is 2.80. The molecule has 6 heteroatoms. The molecule has 2 rings (SSSR count). The van der Waals surface area contributed by atoms with E-state index in [1.54, 1.807) is 0 Å². The van der Waals surface area contributed by atoms with Crippen molar-refractivity contribution < 1.29 is 14.5 Å². The van der Waals surface area contributed by atoms with E-state index in [0.717, 1.165) is 37.4 Å². The van der Waals surface area contributed by atoms with Crippen LogP contribution in [0.15, 0.2) is 30.3 Å². The highest BCUT2D eigenvalue weighted by molar-refractivity contribution is 7.98. The number of piperidine rings is 1. The van der Waals surface area contributed by atoms with Gasteiger partial charge in [0.05, 0.1) is 13.1 Å². The maximum Gasteiger partial charge on any atom is 0.275 e. The summed E-state index contributed by atoms with van der Waals surface area (Å²) in [5, 5.41) is 2.98. The minimum Gasteiger partial charge on any atom is -0.369 e. The summed E-state index contributed by atoms with van der Waals surface area (Å²) in [6.07, 6.45) is 1.59. The van der Waals surface area contributed by atoms with Gasteiger partial charge in [-0.3, -0.25) is 9.59 Å². The lowest BCUT2D eigenvalue weighted by molar-refractivity contribution is -0.897. The van der Waals surface area contributed by atoms with Gasteiger partial charge in [-0.05, 0) is 5.56 Å². The van der Waals surface area contributed by atoms with Gasteiger partial charge in [0.25, 0.3) is 5.91 Å². The first-order chi connectivity index (χ1) is 11.1. The van der Waals surface area contributed by atoms with Crippen LogP contribution in [0.4, 0.5) is 0 Å². The van der Waals surface area contributed by atoms with E-state index in [9.17, 15) is 9.59 Å². The Balaban J connectivity index is 1.53. The average Bonchev–Trinajstić information content (AvgIpc) is 2.56. The second-order valence-corrected chi connectivity index (χ2v) is 7.10. The maximum absolute atomic E-state index is 11.9.